The second kappa shape index (κ2) is 9.80. The van der Waals surface area contributed by atoms with Crippen molar-refractivity contribution in [1.82, 2.24) is 5.32 Å². The molecule has 0 spiro atoms. The van der Waals surface area contributed by atoms with Crippen molar-refractivity contribution < 1.29 is 17.9 Å². The first-order valence-corrected chi connectivity index (χ1v) is 10.9. The number of sulfonamides is 1. The van der Waals surface area contributed by atoms with Gasteiger partial charge < -0.3 is 10.1 Å². The number of carbonyl (C=O) groups is 1. The average molecular weight is 437 g/mol. The van der Waals surface area contributed by atoms with Crippen molar-refractivity contribution >= 4 is 33.2 Å². The third-order valence-electron chi connectivity index (χ3n) is 4.10. The van der Waals surface area contributed by atoms with Gasteiger partial charge in [0.05, 0.1) is 34.8 Å². The molecular weight excluding hydrogens is 412 g/mol. The number of hydrogen-bond donors (Lipinski definition) is 1. The Morgan fingerprint density at radius 1 is 1.24 bits per heavy atom. The summed E-state index contributed by atoms with van der Waals surface area (Å²) >= 11 is 6.15. The molecule has 6 nitrogen and oxygen atoms in total. The summed E-state index contributed by atoms with van der Waals surface area (Å²) in [4.78, 5) is 12.4. The van der Waals surface area contributed by atoms with Gasteiger partial charge in [0.25, 0.3) is 15.9 Å². The molecule has 0 aliphatic heterocycles. The average Bonchev–Trinajstić information content (AvgIpc) is 2.70. The van der Waals surface area contributed by atoms with Gasteiger partial charge >= 0.3 is 0 Å². The highest BCUT2D eigenvalue weighted by Crippen LogP contribution is 2.28. The number of ether oxygens (including phenoxy) is 1. The summed E-state index contributed by atoms with van der Waals surface area (Å²) in [5.74, 6) is 0.448. The zero-order valence-corrected chi connectivity index (χ0v) is 18.3. The SMILES string of the molecule is C=CCN(c1ccc(OC)cc1)S(=O)(=O)c1ccc(Cl)c(C(=O)NCC(C)C)c1. The molecule has 2 rings (SSSR count). The molecule has 0 unspecified atom stereocenters. The summed E-state index contributed by atoms with van der Waals surface area (Å²) in [6.45, 7) is 8.10. The van der Waals surface area contributed by atoms with Gasteiger partial charge in [-0.2, -0.15) is 0 Å². The lowest BCUT2D eigenvalue weighted by molar-refractivity contribution is 0.0949. The van der Waals surface area contributed by atoms with Crippen LogP contribution in [0.25, 0.3) is 0 Å². The molecule has 0 heterocycles. The molecule has 29 heavy (non-hydrogen) atoms. The van der Waals surface area contributed by atoms with Crippen molar-refractivity contribution in [2.75, 3.05) is 24.5 Å². The first-order valence-electron chi connectivity index (χ1n) is 9.06. The second-order valence-corrected chi connectivity index (χ2v) is 9.04. The predicted molar refractivity (Wildman–Crippen MR) is 116 cm³/mol. The fourth-order valence-electron chi connectivity index (χ4n) is 2.57. The van der Waals surface area contributed by atoms with E-state index in [1.807, 2.05) is 13.8 Å². The van der Waals surface area contributed by atoms with Gasteiger partial charge in [0.1, 0.15) is 5.75 Å². The Morgan fingerprint density at radius 3 is 2.45 bits per heavy atom. The van der Waals surface area contributed by atoms with Crippen LogP contribution in [-0.2, 0) is 10.0 Å². The van der Waals surface area contributed by atoms with Crippen molar-refractivity contribution in [3.05, 3.63) is 65.7 Å². The van der Waals surface area contributed by atoms with E-state index in [0.29, 0.717) is 18.0 Å². The van der Waals surface area contributed by atoms with E-state index in [4.69, 9.17) is 16.3 Å². The van der Waals surface area contributed by atoms with Crippen LogP contribution in [-0.4, -0.2) is 34.5 Å². The number of nitrogens with zero attached hydrogens (tertiary/aromatic N) is 1. The molecule has 0 atom stereocenters. The van der Waals surface area contributed by atoms with Crippen LogP contribution in [0.4, 0.5) is 5.69 Å². The maximum absolute atomic E-state index is 13.3. The van der Waals surface area contributed by atoms with Crippen LogP contribution in [0.3, 0.4) is 0 Å². The van der Waals surface area contributed by atoms with Crippen molar-refractivity contribution in [3.8, 4) is 5.75 Å². The zero-order chi connectivity index (χ0) is 21.6. The molecule has 0 saturated carbocycles. The van der Waals surface area contributed by atoms with Gasteiger partial charge in [0.15, 0.2) is 0 Å². The van der Waals surface area contributed by atoms with Crippen molar-refractivity contribution in [1.29, 1.82) is 0 Å². The molecule has 2 aromatic rings. The van der Waals surface area contributed by atoms with E-state index in [2.05, 4.69) is 11.9 Å². The summed E-state index contributed by atoms with van der Waals surface area (Å²) in [5, 5.41) is 2.94. The number of rotatable bonds is 9. The third kappa shape index (κ3) is 5.52. The molecule has 1 N–H and O–H groups in total. The van der Waals surface area contributed by atoms with E-state index in [0.717, 1.165) is 0 Å². The van der Waals surface area contributed by atoms with E-state index in [9.17, 15) is 13.2 Å². The monoisotopic (exact) mass is 436 g/mol. The van der Waals surface area contributed by atoms with Crippen molar-refractivity contribution in [3.63, 3.8) is 0 Å². The molecule has 8 heteroatoms. The largest absolute Gasteiger partial charge is 0.497 e. The minimum atomic E-state index is -3.96. The maximum Gasteiger partial charge on any atom is 0.264 e. The lowest BCUT2D eigenvalue weighted by Gasteiger charge is -2.23. The van der Waals surface area contributed by atoms with E-state index in [1.54, 1.807) is 24.3 Å². The van der Waals surface area contributed by atoms with E-state index >= 15 is 0 Å². The van der Waals surface area contributed by atoms with Crippen molar-refractivity contribution in [2.24, 2.45) is 5.92 Å². The summed E-state index contributed by atoms with van der Waals surface area (Å²) in [6, 6.07) is 10.7. The van der Waals surface area contributed by atoms with E-state index in [-0.39, 0.29) is 27.9 Å². The molecule has 2 aromatic carbocycles. The molecule has 0 aliphatic carbocycles. The highest BCUT2D eigenvalue weighted by atomic mass is 35.5. The Hall–Kier alpha value is -2.51. The molecule has 156 valence electrons. The zero-order valence-electron chi connectivity index (χ0n) is 16.7. The number of benzene rings is 2. The lowest BCUT2D eigenvalue weighted by Crippen LogP contribution is -2.32. The van der Waals surface area contributed by atoms with Crippen LogP contribution in [0.2, 0.25) is 5.02 Å². The molecule has 0 fully saturated rings. The molecule has 0 bridgehead atoms. The Balaban J connectivity index is 2.44. The quantitative estimate of drug-likeness (QED) is 0.600. The first kappa shape index (κ1) is 22.8. The van der Waals surface area contributed by atoms with Crippen LogP contribution in [0.1, 0.15) is 24.2 Å². The Morgan fingerprint density at radius 2 is 1.90 bits per heavy atom. The molecule has 0 saturated heterocycles. The summed E-state index contributed by atoms with van der Waals surface area (Å²) in [5.41, 5.74) is 0.563. The van der Waals surface area contributed by atoms with Gasteiger partial charge in [-0.25, -0.2) is 8.42 Å². The fraction of sp³-hybridized carbons (Fsp3) is 0.286. The van der Waals surface area contributed by atoms with Gasteiger partial charge in [-0.1, -0.05) is 31.5 Å². The van der Waals surface area contributed by atoms with E-state index in [1.165, 1.54) is 35.7 Å². The molecule has 1 amide bonds. The summed E-state index contributed by atoms with van der Waals surface area (Å²) in [7, 11) is -2.42. The summed E-state index contributed by atoms with van der Waals surface area (Å²) < 4.78 is 32.9. The smallest absolute Gasteiger partial charge is 0.264 e. The third-order valence-corrected chi connectivity index (χ3v) is 6.22. The highest BCUT2D eigenvalue weighted by molar-refractivity contribution is 7.92. The normalized spacial score (nSPS) is 11.2. The van der Waals surface area contributed by atoms with Crippen LogP contribution in [0.5, 0.6) is 5.75 Å². The van der Waals surface area contributed by atoms with Gasteiger partial charge in [-0.05, 0) is 48.4 Å². The van der Waals surface area contributed by atoms with Crippen molar-refractivity contribution in [2.45, 2.75) is 18.7 Å². The number of anilines is 1. The fourth-order valence-corrected chi connectivity index (χ4v) is 4.23. The number of carbonyl (C=O) groups excluding carboxylic acids is 1. The van der Waals surface area contributed by atoms with Crippen LogP contribution in [0.15, 0.2) is 60.0 Å². The number of halogens is 1. The maximum atomic E-state index is 13.3. The lowest BCUT2D eigenvalue weighted by atomic mass is 10.2. The minimum Gasteiger partial charge on any atom is -0.497 e. The Labute approximate surface area is 177 Å². The van der Waals surface area contributed by atoms with Gasteiger partial charge in [0, 0.05) is 6.54 Å². The van der Waals surface area contributed by atoms with Crippen LogP contribution in [0, 0.1) is 5.92 Å². The molecule has 0 aliphatic rings. The molecular formula is C21H25ClN2O4S. The predicted octanol–water partition coefficient (Wildman–Crippen LogP) is 4.12. The Bertz CT molecular complexity index is 973. The number of amides is 1. The summed E-state index contributed by atoms with van der Waals surface area (Å²) in [6.07, 6.45) is 1.49. The molecule has 0 aromatic heterocycles. The van der Waals surface area contributed by atoms with E-state index < -0.39 is 15.9 Å². The molecule has 0 radical (unpaired) electrons. The van der Waals surface area contributed by atoms with Gasteiger partial charge in [0.2, 0.25) is 0 Å². The minimum absolute atomic E-state index is 0.0331. The Kier molecular flexibility index (Phi) is 7.70. The van der Waals surface area contributed by atoms with Gasteiger partial charge in [-0.3, -0.25) is 9.10 Å². The number of hydrogen-bond acceptors (Lipinski definition) is 4. The van der Waals surface area contributed by atoms with Gasteiger partial charge in [-0.15, -0.1) is 6.58 Å². The topological polar surface area (TPSA) is 75.7 Å². The second-order valence-electron chi connectivity index (χ2n) is 6.77. The number of nitrogens with one attached hydrogen (secondary N) is 1. The van der Waals surface area contributed by atoms with Crippen LogP contribution >= 0.6 is 11.6 Å². The highest BCUT2D eigenvalue weighted by Gasteiger charge is 2.26. The number of methoxy groups -OCH3 is 1. The first-order chi connectivity index (χ1) is 13.7. The standard InChI is InChI=1S/C21H25ClN2O4S/c1-5-12-24(16-6-8-17(28-4)9-7-16)29(26,27)18-10-11-20(22)19(13-18)21(25)23-14-15(2)3/h5-11,13,15H,1,12,14H2,2-4H3,(H,23,25). The van der Waals surface area contributed by atoms with Crippen LogP contribution < -0.4 is 14.4 Å².